The fourth-order valence-electron chi connectivity index (χ4n) is 2.81. The van der Waals surface area contributed by atoms with Gasteiger partial charge in [-0.1, -0.05) is 43.4 Å². The summed E-state index contributed by atoms with van der Waals surface area (Å²) in [6.07, 6.45) is -4.61. The molecular formula is C22H18F5N3O2S. The predicted molar refractivity (Wildman–Crippen MR) is 114 cm³/mol. The summed E-state index contributed by atoms with van der Waals surface area (Å²) in [5.74, 6) is -3.92. The third kappa shape index (κ3) is 5.72. The fraction of sp³-hybridized carbons (Fsp3) is 0.227. The first-order valence-corrected chi connectivity index (χ1v) is 10.5. The van der Waals surface area contributed by atoms with Gasteiger partial charge in [0.05, 0.1) is 10.4 Å². The quantitative estimate of drug-likeness (QED) is 0.439. The summed E-state index contributed by atoms with van der Waals surface area (Å²) in [5, 5.41) is 4.64. The normalized spacial score (nSPS) is 11.5. The zero-order valence-corrected chi connectivity index (χ0v) is 18.2. The van der Waals surface area contributed by atoms with Crippen molar-refractivity contribution >= 4 is 28.3 Å². The summed E-state index contributed by atoms with van der Waals surface area (Å²) >= 11 is 0.713. The van der Waals surface area contributed by atoms with E-state index >= 15 is 0 Å². The van der Waals surface area contributed by atoms with Gasteiger partial charge in [-0.25, -0.2) is 13.8 Å². The van der Waals surface area contributed by atoms with E-state index in [1.165, 1.54) is 12.1 Å². The van der Waals surface area contributed by atoms with E-state index in [4.69, 9.17) is 0 Å². The Labute approximate surface area is 189 Å². The maximum Gasteiger partial charge on any atom is 0.416 e. The number of aromatic nitrogens is 1. The molecule has 0 saturated heterocycles. The summed E-state index contributed by atoms with van der Waals surface area (Å²) in [5.41, 5.74) is -1.95. The number of alkyl halides is 3. The second kappa shape index (κ2) is 9.65. The van der Waals surface area contributed by atoms with Gasteiger partial charge in [0.1, 0.15) is 22.9 Å². The first kappa shape index (κ1) is 24.3. The van der Waals surface area contributed by atoms with Crippen LogP contribution in [0.1, 0.15) is 40.3 Å². The maximum absolute atomic E-state index is 13.9. The van der Waals surface area contributed by atoms with Crippen LogP contribution in [0.15, 0.2) is 42.5 Å². The van der Waals surface area contributed by atoms with Crippen LogP contribution in [0.2, 0.25) is 0 Å². The van der Waals surface area contributed by atoms with Gasteiger partial charge in [0.25, 0.3) is 11.8 Å². The van der Waals surface area contributed by atoms with E-state index < -0.39 is 40.8 Å². The zero-order chi connectivity index (χ0) is 24.3. The molecule has 33 heavy (non-hydrogen) atoms. The lowest BCUT2D eigenvalue weighted by molar-refractivity contribution is -0.137. The van der Waals surface area contributed by atoms with E-state index in [9.17, 15) is 31.5 Å². The molecule has 0 spiro atoms. The Morgan fingerprint density at radius 3 is 2.27 bits per heavy atom. The van der Waals surface area contributed by atoms with Crippen molar-refractivity contribution in [1.82, 2.24) is 10.3 Å². The molecular weight excluding hydrogens is 465 g/mol. The van der Waals surface area contributed by atoms with Crippen LogP contribution in [-0.2, 0) is 6.18 Å². The van der Waals surface area contributed by atoms with E-state index in [-0.39, 0.29) is 33.7 Å². The summed E-state index contributed by atoms with van der Waals surface area (Å²) < 4.78 is 67.4. The Balaban J connectivity index is 2.02. The highest BCUT2D eigenvalue weighted by molar-refractivity contribution is 7.19. The highest BCUT2D eigenvalue weighted by Gasteiger charge is 2.31. The van der Waals surface area contributed by atoms with Crippen molar-refractivity contribution in [2.24, 2.45) is 5.92 Å². The number of hydrogen-bond acceptors (Lipinski definition) is 4. The summed E-state index contributed by atoms with van der Waals surface area (Å²) in [6, 6.07) is 7.18. The number of anilines is 1. The van der Waals surface area contributed by atoms with Crippen LogP contribution in [0.25, 0.3) is 10.4 Å². The topological polar surface area (TPSA) is 71.1 Å². The molecule has 5 nitrogen and oxygen atoms in total. The third-order valence-corrected chi connectivity index (χ3v) is 5.40. The van der Waals surface area contributed by atoms with Crippen LogP contribution in [-0.4, -0.2) is 23.3 Å². The largest absolute Gasteiger partial charge is 0.416 e. The molecule has 174 valence electrons. The minimum atomic E-state index is -4.61. The average Bonchev–Trinajstić information content (AvgIpc) is 3.15. The van der Waals surface area contributed by atoms with Gasteiger partial charge in [0.15, 0.2) is 5.13 Å². The van der Waals surface area contributed by atoms with Crippen molar-refractivity contribution in [2.45, 2.75) is 20.0 Å². The number of nitrogens with zero attached hydrogens (tertiary/aromatic N) is 1. The molecule has 2 N–H and O–H groups in total. The van der Waals surface area contributed by atoms with Crippen LogP contribution >= 0.6 is 11.3 Å². The van der Waals surface area contributed by atoms with Gasteiger partial charge in [0, 0.05) is 6.54 Å². The number of benzene rings is 2. The number of amides is 2. The Kier molecular flexibility index (Phi) is 7.11. The SMILES string of the molecule is CC(C)CNC(=O)c1nc(NC(=O)c2c(F)cccc2F)sc1-c1cccc(C(F)(F)F)c1. The number of rotatable bonds is 6. The fourth-order valence-corrected chi connectivity index (χ4v) is 3.77. The minimum Gasteiger partial charge on any atom is -0.350 e. The molecule has 11 heteroatoms. The Morgan fingerprint density at radius 2 is 1.67 bits per heavy atom. The Bertz CT molecular complexity index is 1170. The Hall–Kier alpha value is -3.34. The van der Waals surface area contributed by atoms with Crippen molar-refractivity contribution in [2.75, 3.05) is 11.9 Å². The molecule has 0 fully saturated rings. The monoisotopic (exact) mass is 483 g/mol. The molecule has 0 atom stereocenters. The van der Waals surface area contributed by atoms with Crippen molar-refractivity contribution in [3.05, 3.63) is 70.9 Å². The molecule has 0 unspecified atom stereocenters. The molecule has 2 amide bonds. The van der Waals surface area contributed by atoms with Crippen LogP contribution in [0, 0.1) is 17.6 Å². The average molecular weight is 483 g/mol. The molecule has 1 heterocycles. The lowest BCUT2D eigenvalue weighted by Crippen LogP contribution is -2.28. The van der Waals surface area contributed by atoms with Crippen LogP contribution in [0.4, 0.5) is 27.1 Å². The van der Waals surface area contributed by atoms with Gasteiger partial charge in [-0.05, 0) is 35.7 Å². The molecule has 0 bridgehead atoms. The van der Waals surface area contributed by atoms with Crippen molar-refractivity contribution < 1.29 is 31.5 Å². The van der Waals surface area contributed by atoms with Gasteiger partial charge in [-0.15, -0.1) is 0 Å². The van der Waals surface area contributed by atoms with E-state index in [1.807, 2.05) is 13.8 Å². The van der Waals surface area contributed by atoms with E-state index in [0.717, 1.165) is 30.3 Å². The first-order chi connectivity index (χ1) is 15.5. The van der Waals surface area contributed by atoms with Crippen molar-refractivity contribution in [3.63, 3.8) is 0 Å². The molecule has 0 aliphatic heterocycles. The van der Waals surface area contributed by atoms with Crippen LogP contribution in [0.3, 0.4) is 0 Å². The second-order valence-electron chi connectivity index (χ2n) is 7.43. The maximum atomic E-state index is 13.9. The summed E-state index contributed by atoms with van der Waals surface area (Å²) in [7, 11) is 0. The van der Waals surface area contributed by atoms with Crippen LogP contribution < -0.4 is 10.6 Å². The minimum absolute atomic E-state index is 0.0505. The Morgan fingerprint density at radius 1 is 1.03 bits per heavy atom. The third-order valence-electron chi connectivity index (χ3n) is 4.38. The highest BCUT2D eigenvalue weighted by atomic mass is 32.1. The van der Waals surface area contributed by atoms with E-state index in [0.29, 0.717) is 11.3 Å². The lowest BCUT2D eigenvalue weighted by atomic mass is 10.1. The van der Waals surface area contributed by atoms with Gasteiger partial charge in [0.2, 0.25) is 0 Å². The smallest absolute Gasteiger partial charge is 0.350 e. The van der Waals surface area contributed by atoms with Gasteiger partial charge < -0.3 is 5.32 Å². The number of carbonyl (C=O) groups excluding carboxylic acids is 2. The molecule has 0 saturated carbocycles. The summed E-state index contributed by atoms with van der Waals surface area (Å²) in [4.78, 5) is 29.2. The molecule has 3 aromatic rings. The molecule has 0 radical (unpaired) electrons. The van der Waals surface area contributed by atoms with Crippen molar-refractivity contribution in [3.8, 4) is 10.4 Å². The number of nitrogens with one attached hydrogen (secondary N) is 2. The van der Waals surface area contributed by atoms with Gasteiger partial charge >= 0.3 is 6.18 Å². The lowest BCUT2D eigenvalue weighted by Gasteiger charge is -2.09. The number of halogens is 5. The number of hydrogen-bond donors (Lipinski definition) is 2. The van der Waals surface area contributed by atoms with Gasteiger partial charge in [-0.2, -0.15) is 13.2 Å². The molecule has 1 aromatic heterocycles. The van der Waals surface area contributed by atoms with Crippen LogP contribution in [0.5, 0.6) is 0 Å². The highest BCUT2D eigenvalue weighted by Crippen LogP contribution is 2.37. The number of carbonyl (C=O) groups is 2. The predicted octanol–water partition coefficient (Wildman–Crippen LogP) is 5.75. The van der Waals surface area contributed by atoms with E-state index in [1.54, 1.807) is 0 Å². The van der Waals surface area contributed by atoms with E-state index in [2.05, 4.69) is 15.6 Å². The zero-order valence-electron chi connectivity index (χ0n) is 17.4. The molecule has 0 aliphatic rings. The standard InChI is InChI=1S/C22H18F5N3O2S/c1-11(2)10-28-20(32)17-18(12-5-3-6-13(9-12)22(25,26)27)33-21(29-17)30-19(31)16-14(23)7-4-8-15(16)24/h3-9,11H,10H2,1-2H3,(H,28,32)(H,29,30,31). The summed E-state index contributed by atoms with van der Waals surface area (Å²) in [6.45, 7) is 3.98. The molecule has 0 aliphatic carbocycles. The first-order valence-electron chi connectivity index (χ1n) is 9.69. The molecule has 2 aromatic carbocycles. The second-order valence-corrected chi connectivity index (χ2v) is 8.43. The van der Waals surface area contributed by atoms with Crippen molar-refractivity contribution in [1.29, 1.82) is 0 Å². The molecule has 3 rings (SSSR count). The van der Waals surface area contributed by atoms with Gasteiger partial charge in [-0.3, -0.25) is 14.9 Å². The number of thiazole rings is 1.